The van der Waals surface area contributed by atoms with Crippen molar-refractivity contribution in [2.45, 2.75) is 45.6 Å². The van der Waals surface area contributed by atoms with Crippen LogP contribution in [0.2, 0.25) is 0 Å². The van der Waals surface area contributed by atoms with Crippen molar-refractivity contribution in [1.29, 1.82) is 0 Å². The third-order valence-corrected chi connectivity index (χ3v) is 4.78. The average molecular weight is 461 g/mol. The molecular formula is C19H32IN3O2. The number of hydrogen-bond donors (Lipinski definition) is 2. The Hall–Kier alpha value is -1.18. The van der Waals surface area contributed by atoms with Crippen LogP contribution in [0.4, 0.5) is 0 Å². The van der Waals surface area contributed by atoms with Crippen molar-refractivity contribution in [2.75, 3.05) is 20.8 Å². The fraction of sp³-hybridized carbons (Fsp3) is 0.632. The summed E-state index contributed by atoms with van der Waals surface area (Å²) in [6.45, 7) is 3.79. The minimum atomic E-state index is 0. The number of nitrogens with zero attached hydrogens (tertiary/aromatic N) is 1. The summed E-state index contributed by atoms with van der Waals surface area (Å²) in [7, 11) is 3.26. The fourth-order valence-electron chi connectivity index (χ4n) is 3.44. The van der Waals surface area contributed by atoms with Gasteiger partial charge in [0.1, 0.15) is 0 Å². The lowest BCUT2D eigenvalue weighted by molar-refractivity contribution is 0.270. The predicted molar refractivity (Wildman–Crippen MR) is 114 cm³/mol. The summed E-state index contributed by atoms with van der Waals surface area (Å²) in [6.07, 6.45) is 6.64. The molecule has 0 radical (unpaired) electrons. The number of nitrogens with one attached hydrogen (secondary N) is 1. The number of halogens is 1. The Kier molecular flexibility index (Phi) is 10.0. The summed E-state index contributed by atoms with van der Waals surface area (Å²) >= 11 is 0. The van der Waals surface area contributed by atoms with Crippen molar-refractivity contribution in [3.8, 4) is 11.5 Å². The van der Waals surface area contributed by atoms with Gasteiger partial charge in [0.25, 0.3) is 0 Å². The molecule has 0 amide bonds. The number of rotatable bonds is 7. The number of guanidine groups is 1. The zero-order chi connectivity index (χ0) is 17.4. The predicted octanol–water partition coefficient (Wildman–Crippen LogP) is 3.94. The van der Waals surface area contributed by atoms with E-state index in [1.807, 2.05) is 18.2 Å². The summed E-state index contributed by atoms with van der Waals surface area (Å²) in [5.74, 6) is 3.65. The van der Waals surface area contributed by atoms with Crippen LogP contribution in [-0.4, -0.2) is 26.7 Å². The van der Waals surface area contributed by atoms with Crippen molar-refractivity contribution < 1.29 is 9.47 Å². The van der Waals surface area contributed by atoms with Crippen molar-refractivity contribution in [3.63, 3.8) is 0 Å². The molecule has 0 spiro atoms. The van der Waals surface area contributed by atoms with E-state index in [0.717, 1.165) is 29.7 Å². The zero-order valence-electron chi connectivity index (χ0n) is 15.6. The van der Waals surface area contributed by atoms with Gasteiger partial charge in [-0.1, -0.05) is 32.3 Å². The molecule has 1 aromatic rings. The van der Waals surface area contributed by atoms with E-state index < -0.39 is 0 Å². The Bertz CT molecular complexity index is 551. The maximum absolute atomic E-state index is 5.97. The molecule has 2 rings (SSSR count). The van der Waals surface area contributed by atoms with Crippen molar-refractivity contribution in [2.24, 2.45) is 22.6 Å². The summed E-state index contributed by atoms with van der Waals surface area (Å²) in [5, 5.41) is 3.24. The average Bonchev–Trinajstić information content (AvgIpc) is 2.59. The molecule has 2 atom stereocenters. The Balaban J connectivity index is 0.00000312. The van der Waals surface area contributed by atoms with Crippen LogP contribution in [0.1, 0.15) is 44.6 Å². The van der Waals surface area contributed by atoms with Gasteiger partial charge in [-0.25, -0.2) is 4.99 Å². The smallest absolute Gasteiger partial charge is 0.188 e. The molecule has 1 aromatic carbocycles. The molecule has 1 fully saturated rings. The van der Waals surface area contributed by atoms with Gasteiger partial charge in [0.05, 0.1) is 20.8 Å². The molecule has 6 heteroatoms. The van der Waals surface area contributed by atoms with Crippen LogP contribution in [-0.2, 0) is 6.54 Å². The summed E-state index contributed by atoms with van der Waals surface area (Å²) in [6, 6.07) is 5.79. The molecule has 1 saturated carbocycles. The zero-order valence-corrected chi connectivity index (χ0v) is 17.9. The van der Waals surface area contributed by atoms with Crippen LogP contribution in [0.5, 0.6) is 11.5 Å². The van der Waals surface area contributed by atoms with Crippen LogP contribution < -0.4 is 20.5 Å². The molecule has 25 heavy (non-hydrogen) atoms. The fourth-order valence-corrected chi connectivity index (χ4v) is 3.44. The second-order valence-corrected chi connectivity index (χ2v) is 6.74. The lowest BCUT2D eigenvalue weighted by Crippen LogP contribution is -2.33. The van der Waals surface area contributed by atoms with E-state index in [4.69, 9.17) is 15.2 Å². The van der Waals surface area contributed by atoms with Gasteiger partial charge in [-0.2, -0.15) is 0 Å². The molecule has 1 aliphatic carbocycles. The molecule has 0 aliphatic heterocycles. The van der Waals surface area contributed by atoms with Crippen LogP contribution >= 0.6 is 24.0 Å². The van der Waals surface area contributed by atoms with Crippen LogP contribution in [0, 0.1) is 11.8 Å². The molecule has 1 aliphatic rings. The van der Waals surface area contributed by atoms with Gasteiger partial charge in [0.2, 0.25) is 0 Å². The molecule has 0 aromatic heterocycles. The first-order valence-electron chi connectivity index (χ1n) is 8.87. The monoisotopic (exact) mass is 461 g/mol. The van der Waals surface area contributed by atoms with E-state index in [9.17, 15) is 0 Å². The molecule has 142 valence electrons. The molecular weight excluding hydrogens is 429 g/mol. The maximum atomic E-state index is 5.97. The third-order valence-electron chi connectivity index (χ3n) is 4.78. The highest BCUT2D eigenvalue weighted by Crippen LogP contribution is 2.30. The van der Waals surface area contributed by atoms with Crippen LogP contribution in [0.3, 0.4) is 0 Å². The summed E-state index contributed by atoms with van der Waals surface area (Å²) < 4.78 is 10.5. The van der Waals surface area contributed by atoms with Gasteiger partial charge < -0.3 is 20.5 Å². The van der Waals surface area contributed by atoms with Crippen molar-refractivity contribution in [3.05, 3.63) is 23.8 Å². The van der Waals surface area contributed by atoms with Crippen LogP contribution in [0.25, 0.3) is 0 Å². The van der Waals surface area contributed by atoms with E-state index >= 15 is 0 Å². The van der Waals surface area contributed by atoms with Gasteiger partial charge in [0.15, 0.2) is 17.5 Å². The SMILES string of the molecule is COc1ccc(CN=C(N)NCCC2CCCC(C)C2)cc1OC.I. The quantitative estimate of drug-likeness (QED) is 0.367. The maximum Gasteiger partial charge on any atom is 0.188 e. The minimum absolute atomic E-state index is 0. The van der Waals surface area contributed by atoms with E-state index in [-0.39, 0.29) is 24.0 Å². The van der Waals surface area contributed by atoms with Gasteiger partial charge in [0, 0.05) is 6.54 Å². The highest BCUT2D eigenvalue weighted by Gasteiger charge is 2.18. The van der Waals surface area contributed by atoms with Crippen molar-refractivity contribution in [1.82, 2.24) is 5.32 Å². The first kappa shape index (κ1) is 21.9. The Morgan fingerprint density at radius 3 is 2.68 bits per heavy atom. The third kappa shape index (κ3) is 7.30. The molecule has 0 heterocycles. The summed E-state index contributed by atoms with van der Waals surface area (Å²) in [4.78, 5) is 4.41. The van der Waals surface area contributed by atoms with Gasteiger partial charge in [-0.15, -0.1) is 24.0 Å². The molecule has 0 saturated heterocycles. The van der Waals surface area contributed by atoms with Gasteiger partial charge in [-0.3, -0.25) is 0 Å². The second-order valence-electron chi connectivity index (χ2n) is 6.74. The van der Waals surface area contributed by atoms with Crippen LogP contribution in [0.15, 0.2) is 23.2 Å². The van der Waals surface area contributed by atoms with E-state index in [1.54, 1.807) is 14.2 Å². The number of ether oxygens (including phenoxy) is 2. The number of nitrogens with two attached hydrogens (primary N) is 1. The standard InChI is InChI=1S/C19H31N3O2.HI/c1-14-5-4-6-15(11-14)9-10-21-19(20)22-13-16-7-8-17(23-2)18(12-16)24-3;/h7-8,12,14-15H,4-6,9-11,13H2,1-3H3,(H3,20,21,22);1H. The van der Waals surface area contributed by atoms with Crippen molar-refractivity contribution >= 4 is 29.9 Å². The second kappa shape index (κ2) is 11.4. The van der Waals surface area contributed by atoms with Gasteiger partial charge >= 0.3 is 0 Å². The highest BCUT2D eigenvalue weighted by molar-refractivity contribution is 14.0. The Morgan fingerprint density at radius 2 is 2.00 bits per heavy atom. The molecule has 3 N–H and O–H groups in total. The lowest BCUT2D eigenvalue weighted by atomic mass is 9.81. The Labute approximate surface area is 168 Å². The topological polar surface area (TPSA) is 68.9 Å². The van der Waals surface area contributed by atoms with E-state index in [1.165, 1.54) is 32.1 Å². The van der Waals surface area contributed by atoms with E-state index in [2.05, 4.69) is 17.2 Å². The molecule has 2 unspecified atom stereocenters. The Morgan fingerprint density at radius 1 is 1.24 bits per heavy atom. The minimum Gasteiger partial charge on any atom is -0.493 e. The highest BCUT2D eigenvalue weighted by atomic mass is 127. The number of benzene rings is 1. The first-order chi connectivity index (χ1) is 11.6. The molecule has 0 bridgehead atoms. The summed E-state index contributed by atoms with van der Waals surface area (Å²) in [5.41, 5.74) is 7.01. The number of methoxy groups -OCH3 is 2. The number of hydrogen-bond acceptors (Lipinski definition) is 3. The molecule has 5 nitrogen and oxygen atoms in total. The largest absolute Gasteiger partial charge is 0.493 e. The van der Waals surface area contributed by atoms with E-state index in [0.29, 0.717) is 18.3 Å². The van der Waals surface area contributed by atoms with Gasteiger partial charge in [-0.05, 0) is 42.4 Å². The first-order valence-corrected chi connectivity index (χ1v) is 8.87. The lowest BCUT2D eigenvalue weighted by Gasteiger charge is -2.26. The normalized spacial score (nSPS) is 20.5. The number of aliphatic imine (C=N–C) groups is 1.